The van der Waals surface area contributed by atoms with E-state index in [-0.39, 0.29) is 10.2 Å². The predicted molar refractivity (Wildman–Crippen MR) is 67.4 cm³/mol. The Balaban J connectivity index is 4.43. The number of carbonyl (C=O) groups is 1. The van der Waals surface area contributed by atoms with Gasteiger partial charge >= 0.3 is 11.9 Å². The lowest BCUT2D eigenvalue weighted by atomic mass is 10.2. The predicted octanol–water partition coefficient (Wildman–Crippen LogP) is 3.26. The summed E-state index contributed by atoms with van der Waals surface area (Å²) >= 11 is 2.01. The molecule has 15 heavy (non-hydrogen) atoms. The van der Waals surface area contributed by atoms with Gasteiger partial charge in [0.1, 0.15) is 0 Å². The normalized spacial score (nSPS) is 14.9. The van der Waals surface area contributed by atoms with Crippen LogP contribution in [0.3, 0.4) is 0 Å². The number of halogens is 3. The molecular formula is C9H17F2IO2Si. The Morgan fingerprint density at radius 2 is 1.93 bits per heavy atom. The van der Waals surface area contributed by atoms with Crippen LogP contribution in [0, 0.1) is 0 Å². The third-order valence-electron chi connectivity index (χ3n) is 1.95. The zero-order valence-corrected chi connectivity index (χ0v) is 12.6. The van der Waals surface area contributed by atoms with Gasteiger partial charge in [0.25, 0.3) is 0 Å². The second-order valence-corrected chi connectivity index (χ2v) is 12.6. The molecule has 0 aromatic heterocycles. The number of hydrogen-bond donors (Lipinski definition) is 0. The van der Waals surface area contributed by atoms with E-state index in [1.54, 1.807) is 0 Å². The third-order valence-corrected chi connectivity index (χ3v) is 10.1. The molecule has 0 amide bonds. The lowest BCUT2D eigenvalue weighted by molar-refractivity contribution is -0.171. The fourth-order valence-corrected chi connectivity index (χ4v) is 2.27. The van der Waals surface area contributed by atoms with Crippen molar-refractivity contribution >= 4 is 36.6 Å². The molecule has 0 aromatic carbocycles. The smallest absolute Gasteiger partial charge is 0.376 e. The molecule has 0 aliphatic heterocycles. The second-order valence-electron chi connectivity index (χ2n) is 4.46. The van der Waals surface area contributed by atoms with E-state index in [0.717, 1.165) is 0 Å². The van der Waals surface area contributed by atoms with Gasteiger partial charge in [-0.2, -0.15) is 8.78 Å². The van der Waals surface area contributed by atoms with Crippen LogP contribution in [-0.4, -0.2) is 30.1 Å². The molecular weight excluding hydrogens is 333 g/mol. The highest BCUT2D eigenvalue weighted by atomic mass is 127. The van der Waals surface area contributed by atoms with E-state index in [9.17, 15) is 13.6 Å². The Bertz CT molecular complexity index is 229. The van der Waals surface area contributed by atoms with E-state index in [1.165, 1.54) is 6.92 Å². The molecule has 1 atom stereocenters. The highest BCUT2D eigenvalue weighted by Gasteiger charge is 2.44. The Morgan fingerprint density at radius 3 is 2.27 bits per heavy atom. The summed E-state index contributed by atoms with van der Waals surface area (Å²) in [6, 6.07) is 0. The molecule has 0 aliphatic rings. The maximum Gasteiger partial charge on any atom is 0.376 e. The van der Waals surface area contributed by atoms with Crippen molar-refractivity contribution in [3.63, 3.8) is 0 Å². The molecule has 0 N–H and O–H groups in total. The van der Waals surface area contributed by atoms with Gasteiger partial charge in [-0.1, -0.05) is 42.2 Å². The number of carbonyl (C=O) groups excluding carboxylic acids is 1. The first-order valence-electron chi connectivity index (χ1n) is 4.80. The van der Waals surface area contributed by atoms with Crippen molar-refractivity contribution in [2.75, 3.05) is 6.61 Å². The van der Waals surface area contributed by atoms with Crippen molar-refractivity contribution in [3.8, 4) is 0 Å². The van der Waals surface area contributed by atoms with Crippen LogP contribution in [0.15, 0.2) is 0 Å². The molecule has 0 rings (SSSR count). The molecule has 0 aromatic rings. The average molecular weight is 350 g/mol. The number of esters is 1. The summed E-state index contributed by atoms with van der Waals surface area (Å²) in [5.41, 5.74) is 0. The lowest BCUT2D eigenvalue weighted by Gasteiger charge is -2.26. The summed E-state index contributed by atoms with van der Waals surface area (Å²) < 4.78 is 30.9. The van der Waals surface area contributed by atoms with Crippen LogP contribution in [0.2, 0.25) is 19.6 Å². The Morgan fingerprint density at radius 1 is 1.47 bits per heavy atom. The first-order valence-corrected chi connectivity index (χ1v) is 9.62. The van der Waals surface area contributed by atoms with Crippen LogP contribution in [0.4, 0.5) is 8.78 Å². The van der Waals surface area contributed by atoms with Gasteiger partial charge in [0.2, 0.25) is 0 Å². The summed E-state index contributed by atoms with van der Waals surface area (Å²) in [4.78, 5) is 11.0. The number of alkyl halides is 3. The van der Waals surface area contributed by atoms with E-state index in [2.05, 4.69) is 4.74 Å². The summed E-state index contributed by atoms with van der Waals surface area (Å²) in [5, 5.41) is 0. The molecule has 0 aliphatic carbocycles. The van der Waals surface area contributed by atoms with E-state index < -0.39 is 26.4 Å². The van der Waals surface area contributed by atoms with Gasteiger partial charge in [-0.25, -0.2) is 4.79 Å². The summed E-state index contributed by atoms with van der Waals surface area (Å²) in [6.45, 7) is 7.53. The topological polar surface area (TPSA) is 26.3 Å². The molecule has 2 nitrogen and oxygen atoms in total. The Kier molecular flexibility index (Phi) is 5.66. The maximum atomic E-state index is 13.3. The van der Waals surface area contributed by atoms with Crippen LogP contribution in [-0.2, 0) is 9.53 Å². The summed E-state index contributed by atoms with van der Waals surface area (Å²) in [7, 11) is -1.64. The molecule has 0 fully saturated rings. The molecule has 0 saturated heterocycles. The van der Waals surface area contributed by atoms with Crippen LogP contribution < -0.4 is 0 Å². The van der Waals surface area contributed by atoms with Crippen molar-refractivity contribution < 1.29 is 18.3 Å². The van der Waals surface area contributed by atoms with Crippen molar-refractivity contribution in [1.82, 2.24) is 0 Å². The van der Waals surface area contributed by atoms with E-state index in [1.807, 2.05) is 42.2 Å². The zero-order valence-electron chi connectivity index (χ0n) is 9.44. The van der Waals surface area contributed by atoms with Gasteiger partial charge in [0, 0.05) is 9.97 Å². The van der Waals surface area contributed by atoms with Crippen LogP contribution in [0.25, 0.3) is 0 Å². The molecule has 90 valence electrons. The minimum absolute atomic E-state index is 0.00666. The molecule has 0 radical (unpaired) electrons. The number of hydrogen-bond acceptors (Lipinski definition) is 2. The second kappa shape index (κ2) is 5.56. The molecule has 0 saturated carbocycles. The summed E-state index contributed by atoms with van der Waals surface area (Å²) in [6.07, 6.45) is -0.415. The highest BCUT2D eigenvalue weighted by molar-refractivity contribution is 14.1. The third kappa shape index (κ3) is 5.23. The number of rotatable bonds is 5. The van der Waals surface area contributed by atoms with Gasteiger partial charge in [-0.05, 0) is 6.92 Å². The maximum absolute atomic E-state index is 13.3. The molecule has 0 spiro atoms. The van der Waals surface area contributed by atoms with Crippen molar-refractivity contribution in [1.29, 1.82) is 0 Å². The first kappa shape index (κ1) is 15.3. The molecule has 0 bridgehead atoms. The van der Waals surface area contributed by atoms with Crippen molar-refractivity contribution in [3.05, 3.63) is 0 Å². The van der Waals surface area contributed by atoms with Gasteiger partial charge in [0.15, 0.2) is 0 Å². The first-order chi connectivity index (χ1) is 6.61. The van der Waals surface area contributed by atoms with E-state index in [0.29, 0.717) is 0 Å². The SMILES string of the molecule is CCOC(=O)C(F)(F)C[C@H](I)[Si](C)(C)C. The van der Waals surface area contributed by atoms with E-state index >= 15 is 0 Å². The highest BCUT2D eigenvalue weighted by Crippen LogP contribution is 2.30. The average Bonchev–Trinajstić information content (AvgIpc) is 2.02. The van der Waals surface area contributed by atoms with Gasteiger partial charge in [-0.15, -0.1) is 0 Å². The van der Waals surface area contributed by atoms with Gasteiger partial charge in [-0.3, -0.25) is 0 Å². The van der Waals surface area contributed by atoms with Crippen LogP contribution in [0.5, 0.6) is 0 Å². The van der Waals surface area contributed by atoms with Gasteiger partial charge < -0.3 is 4.74 Å². The lowest BCUT2D eigenvalue weighted by Crippen LogP contribution is -2.41. The van der Waals surface area contributed by atoms with E-state index in [4.69, 9.17) is 0 Å². The van der Waals surface area contributed by atoms with Crippen LogP contribution >= 0.6 is 22.6 Å². The minimum Gasteiger partial charge on any atom is -0.462 e. The quantitative estimate of drug-likeness (QED) is 0.329. The molecule has 6 heteroatoms. The van der Waals surface area contributed by atoms with Crippen molar-refractivity contribution in [2.24, 2.45) is 0 Å². The fourth-order valence-electron chi connectivity index (χ4n) is 0.851. The standard InChI is InChI=1S/C9H17F2IO2Si/c1-5-14-8(13)9(10,11)6-7(12)15(2,3)4/h7H,5-6H2,1-4H3/t7-/m1/s1. The molecule has 0 heterocycles. The van der Waals surface area contributed by atoms with Crippen LogP contribution in [0.1, 0.15) is 13.3 Å². The van der Waals surface area contributed by atoms with Gasteiger partial charge in [0.05, 0.1) is 14.7 Å². The number of ether oxygens (including phenoxy) is 1. The molecule has 0 unspecified atom stereocenters. The summed E-state index contributed by atoms with van der Waals surface area (Å²) in [5.74, 6) is -4.74. The largest absolute Gasteiger partial charge is 0.462 e. The zero-order chi connectivity index (χ0) is 12.3. The van der Waals surface area contributed by atoms with Crippen molar-refractivity contribution in [2.45, 2.75) is 42.5 Å². The fraction of sp³-hybridized carbons (Fsp3) is 0.889. The Hall–Kier alpha value is 0.277. The minimum atomic E-state index is -3.35. The Labute approximate surface area is 104 Å². The monoisotopic (exact) mass is 350 g/mol.